The van der Waals surface area contributed by atoms with Crippen LogP contribution in [-0.2, 0) is 0 Å². The summed E-state index contributed by atoms with van der Waals surface area (Å²) in [6, 6.07) is 5.90. The monoisotopic (exact) mass is 255 g/mol. The van der Waals surface area contributed by atoms with E-state index in [1.807, 2.05) is 25.1 Å². The van der Waals surface area contributed by atoms with E-state index in [2.05, 4.69) is 20.9 Å². The Morgan fingerprint density at radius 3 is 2.92 bits per heavy atom. The van der Waals surface area contributed by atoms with Crippen molar-refractivity contribution in [3.05, 3.63) is 39.5 Å². The molecule has 0 N–H and O–H groups in total. The second-order valence-electron chi connectivity index (χ2n) is 2.90. The zero-order valence-corrected chi connectivity index (χ0v) is 9.35. The number of hydrogen-bond donors (Lipinski definition) is 0. The fraction of sp³-hybridized carbons (Fsp3) is 0.100. The van der Waals surface area contributed by atoms with Gasteiger partial charge in [-0.3, -0.25) is 4.98 Å². The molecule has 1 aromatic carbocycles. The van der Waals surface area contributed by atoms with Gasteiger partial charge in [0.15, 0.2) is 0 Å². The summed E-state index contributed by atoms with van der Waals surface area (Å²) < 4.78 is 0.988. The van der Waals surface area contributed by atoms with Crippen molar-refractivity contribution in [1.29, 1.82) is 0 Å². The number of aryl methyl sites for hydroxylation is 1. The lowest BCUT2D eigenvalue weighted by Gasteiger charge is -2.02. The van der Waals surface area contributed by atoms with Crippen LogP contribution < -0.4 is 0 Å². The number of nitrogens with zero attached hydrogens (tertiary/aromatic N) is 1. The largest absolute Gasteiger partial charge is 0.255 e. The highest BCUT2D eigenvalue weighted by molar-refractivity contribution is 9.10. The molecule has 0 bridgehead atoms. The van der Waals surface area contributed by atoms with Crippen LogP contribution in [0.25, 0.3) is 10.9 Å². The van der Waals surface area contributed by atoms with Crippen LogP contribution in [0.4, 0.5) is 0 Å². The second-order valence-corrected chi connectivity index (χ2v) is 4.22. The van der Waals surface area contributed by atoms with Gasteiger partial charge < -0.3 is 0 Å². The molecule has 1 aromatic heterocycles. The summed E-state index contributed by atoms with van der Waals surface area (Å²) in [5.74, 6) is 0. The minimum absolute atomic E-state index is 0.766. The van der Waals surface area contributed by atoms with Crippen LogP contribution >= 0.6 is 27.5 Å². The van der Waals surface area contributed by atoms with Gasteiger partial charge in [0.2, 0.25) is 0 Å². The predicted molar refractivity (Wildman–Crippen MR) is 59.2 cm³/mol. The van der Waals surface area contributed by atoms with E-state index in [0.717, 1.165) is 26.0 Å². The molecule has 0 unspecified atom stereocenters. The first-order valence-electron chi connectivity index (χ1n) is 3.89. The minimum atomic E-state index is 0.766. The van der Waals surface area contributed by atoms with E-state index >= 15 is 0 Å². The number of benzene rings is 1. The number of rotatable bonds is 0. The molecule has 0 aliphatic rings. The Morgan fingerprint density at radius 1 is 1.38 bits per heavy atom. The molecule has 0 atom stereocenters. The smallest absolute Gasteiger partial charge is 0.0746 e. The van der Waals surface area contributed by atoms with Gasteiger partial charge in [0.05, 0.1) is 5.52 Å². The first-order chi connectivity index (χ1) is 6.18. The van der Waals surface area contributed by atoms with Gasteiger partial charge in [-0.05, 0) is 40.5 Å². The number of pyridine rings is 1. The minimum Gasteiger partial charge on any atom is -0.255 e. The van der Waals surface area contributed by atoms with E-state index in [4.69, 9.17) is 11.6 Å². The molecule has 2 rings (SSSR count). The summed E-state index contributed by atoms with van der Waals surface area (Å²) in [6.45, 7) is 1.98. The molecular weight excluding hydrogens is 249 g/mol. The zero-order chi connectivity index (χ0) is 9.42. The van der Waals surface area contributed by atoms with Gasteiger partial charge in [-0.1, -0.05) is 17.7 Å². The van der Waals surface area contributed by atoms with Gasteiger partial charge in [-0.25, -0.2) is 0 Å². The van der Waals surface area contributed by atoms with Crippen LogP contribution in [0.1, 0.15) is 5.56 Å². The molecule has 0 aliphatic heterocycles. The molecule has 0 aliphatic carbocycles. The van der Waals surface area contributed by atoms with Crippen LogP contribution in [0, 0.1) is 6.92 Å². The average molecular weight is 257 g/mol. The van der Waals surface area contributed by atoms with Gasteiger partial charge in [0, 0.05) is 21.1 Å². The lowest BCUT2D eigenvalue weighted by Crippen LogP contribution is -1.84. The van der Waals surface area contributed by atoms with Gasteiger partial charge in [-0.2, -0.15) is 0 Å². The van der Waals surface area contributed by atoms with Crippen molar-refractivity contribution in [3.63, 3.8) is 0 Å². The first-order valence-corrected chi connectivity index (χ1v) is 5.06. The number of aromatic nitrogens is 1. The summed E-state index contributed by atoms with van der Waals surface area (Å²) in [7, 11) is 0. The Bertz CT molecular complexity index is 468. The number of fused-ring (bicyclic) bond motifs is 1. The average Bonchev–Trinajstić information content (AvgIpc) is 2.12. The fourth-order valence-corrected chi connectivity index (χ4v) is 1.80. The molecule has 0 amide bonds. The molecule has 0 spiro atoms. The standard InChI is InChI=1S/C10H7BrClN/c1-6-9(12)3-2-7-4-8(11)5-13-10(6)7/h2-5H,1H3. The Kier molecular flexibility index (Phi) is 2.26. The number of hydrogen-bond acceptors (Lipinski definition) is 1. The third kappa shape index (κ3) is 1.56. The summed E-state index contributed by atoms with van der Waals surface area (Å²) in [4.78, 5) is 4.31. The molecule has 2 aromatic rings. The summed E-state index contributed by atoms with van der Waals surface area (Å²) >= 11 is 9.36. The van der Waals surface area contributed by atoms with Gasteiger partial charge in [0.1, 0.15) is 0 Å². The fourth-order valence-electron chi connectivity index (χ4n) is 1.30. The van der Waals surface area contributed by atoms with Crippen molar-refractivity contribution in [2.24, 2.45) is 0 Å². The molecule has 1 nitrogen and oxygen atoms in total. The summed E-state index contributed by atoms with van der Waals surface area (Å²) in [6.07, 6.45) is 1.78. The van der Waals surface area contributed by atoms with Crippen LogP contribution in [0.15, 0.2) is 28.9 Å². The summed E-state index contributed by atoms with van der Waals surface area (Å²) in [5, 5.41) is 1.87. The highest BCUT2D eigenvalue weighted by Gasteiger charge is 2.02. The van der Waals surface area contributed by atoms with Gasteiger partial charge >= 0.3 is 0 Å². The third-order valence-electron chi connectivity index (χ3n) is 2.01. The van der Waals surface area contributed by atoms with Crippen molar-refractivity contribution in [1.82, 2.24) is 4.98 Å². The van der Waals surface area contributed by atoms with Crippen molar-refractivity contribution >= 4 is 38.4 Å². The highest BCUT2D eigenvalue weighted by atomic mass is 79.9. The predicted octanol–water partition coefficient (Wildman–Crippen LogP) is 3.96. The normalized spacial score (nSPS) is 10.7. The molecule has 0 radical (unpaired) electrons. The Morgan fingerprint density at radius 2 is 2.15 bits per heavy atom. The molecule has 1 heterocycles. The second kappa shape index (κ2) is 3.28. The highest BCUT2D eigenvalue weighted by Crippen LogP contribution is 2.25. The molecule has 3 heteroatoms. The SMILES string of the molecule is Cc1c(Cl)ccc2cc(Br)cnc12. The van der Waals surface area contributed by atoms with E-state index in [0.29, 0.717) is 0 Å². The molecule has 0 fully saturated rings. The van der Waals surface area contributed by atoms with Crippen LogP contribution in [0.3, 0.4) is 0 Å². The quantitative estimate of drug-likeness (QED) is 0.695. The zero-order valence-electron chi connectivity index (χ0n) is 7.01. The molecular formula is C10H7BrClN. The maximum Gasteiger partial charge on any atom is 0.0746 e. The van der Waals surface area contributed by atoms with E-state index in [1.54, 1.807) is 6.20 Å². The van der Waals surface area contributed by atoms with Crippen LogP contribution in [-0.4, -0.2) is 4.98 Å². The van der Waals surface area contributed by atoms with Crippen molar-refractivity contribution in [3.8, 4) is 0 Å². The maximum atomic E-state index is 5.98. The van der Waals surface area contributed by atoms with Gasteiger partial charge in [0.25, 0.3) is 0 Å². The molecule has 0 saturated heterocycles. The van der Waals surface area contributed by atoms with Crippen molar-refractivity contribution in [2.45, 2.75) is 6.92 Å². The Hall–Kier alpha value is -0.600. The molecule has 13 heavy (non-hydrogen) atoms. The van der Waals surface area contributed by atoms with E-state index in [1.165, 1.54) is 0 Å². The topological polar surface area (TPSA) is 12.9 Å². The van der Waals surface area contributed by atoms with Crippen molar-refractivity contribution in [2.75, 3.05) is 0 Å². The van der Waals surface area contributed by atoms with Gasteiger partial charge in [-0.15, -0.1) is 0 Å². The van der Waals surface area contributed by atoms with E-state index in [9.17, 15) is 0 Å². The van der Waals surface area contributed by atoms with Crippen LogP contribution in [0.5, 0.6) is 0 Å². The lowest BCUT2D eigenvalue weighted by molar-refractivity contribution is 1.35. The number of halogens is 2. The molecule has 66 valence electrons. The lowest BCUT2D eigenvalue weighted by atomic mass is 10.1. The first kappa shape index (κ1) is 8.97. The van der Waals surface area contributed by atoms with E-state index < -0.39 is 0 Å². The van der Waals surface area contributed by atoms with E-state index in [-0.39, 0.29) is 0 Å². The van der Waals surface area contributed by atoms with Crippen LogP contribution in [0.2, 0.25) is 5.02 Å². The maximum absolute atomic E-state index is 5.98. The Balaban J connectivity index is 2.87. The third-order valence-corrected chi connectivity index (χ3v) is 2.85. The Labute approximate surface area is 89.9 Å². The summed E-state index contributed by atoms with van der Waals surface area (Å²) in [5.41, 5.74) is 2.00. The van der Waals surface area contributed by atoms with Crippen molar-refractivity contribution < 1.29 is 0 Å². The molecule has 0 saturated carbocycles.